The van der Waals surface area contributed by atoms with Crippen LogP contribution < -0.4 is 10.1 Å². The monoisotopic (exact) mass is 251 g/mol. The molecule has 2 heterocycles. The molecule has 1 aliphatic rings. The molecule has 0 radical (unpaired) electrons. The average Bonchev–Trinajstić information content (AvgIpc) is 2.88. The van der Waals surface area contributed by atoms with Gasteiger partial charge in [-0.15, -0.1) is 0 Å². The van der Waals surface area contributed by atoms with E-state index < -0.39 is 5.97 Å². The molecular weight excluding hydrogens is 234 g/mol. The summed E-state index contributed by atoms with van der Waals surface area (Å²) in [5, 5.41) is 3.27. The van der Waals surface area contributed by atoms with Crippen LogP contribution in [0, 0.1) is 12.8 Å². The first-order valence-electron chi connectivity index (χ1n) is 5.96. The summed E-state index contributed by atoms with van der Waals surface area (Å²) in [4.78, 5) is 19.4. The van der Waals surface area contributed by atoms with Crippen molar-refractivity contribution in [3.8, 4) is 5.88 Å². The largest absolute Gasteiger partial charge is 0.477 e. The molecule has 0 spiro atoms. The van der Waals surface area contributed by atoms with Gasteiger partial charge >= 0.3 is 5.97 Å². The van der Waals surface area contributed by atoms with E-state index in [0.717, 1.165) is 19.5 Å². The van der Waals surface area contributed by atoms with Crippen LogP contribution >= 0.6 is 0 Å². The van der Waals surface area contributed by atoms with Gasteiger partial charge in [-0.05, 0) is 19.9 Å². The molecule has 1 N–H and O–H groups in total. The number of methoxy groups -OCH3 is 1. The van der Waals surface area contributed by atoms with Crippen molar-refractivity contribution < 1.29 is 14.3 Å². The zero-order valence-electron chi connectivity index (χ0n) is 10.6. The highest BCUT2D eigenvalue weighted by Gasteiger charge is 2.16. The molecule has 1 fully saturated rings. The number of nitrogens with zero attached hydrogens (tertiary/aromatic N) is 2. The molecule has 2 rings (SSSR count). The van der Waals surface area contributed by atoms with Crippen molar-refractivity contribution in [2.24, 2.45) is 5.92 Å². The summed E-state index contributed by atoms with van der Waals surface area (Å²) in [5.74, 6) is 0.416. The number of rotatable bonds is 4. The molecule has 0 bridgehead atoms. The van der Waals surface area contributed by atoms with E-state index in [4.69, 9.17) is 4.74 Å². The summed E-state index contributed by atoms with van der Waals surface area (Å²) < 4.78 is 10.2. The maximum Gasteiger partial charge on any atom is 0.376 e. The lowest BCUT2D eigenvalue weighted by atomic mass is 10.1. The third-order valence-electron chi connectivity index (χ3n) is 2.83. The molecule has 1 unspecified atom stereocenters. The van der Waals surface area contributed by atoms with E-state index in [1.807, 2.05) is 0 Å². The van der Waals surface area contributed by atoms with Gasteiger partial charge in [0.2, 0.25) is 11.7 Å². The first-order valence-corrected chi connectivity index (χ1v) is 5.96. The lowest BCUT2D eigenvalue weighted by molar-refractivity contribution is 0.0584. The molecule has 0 aromatic carbocycles. The van der Waals surface area contributed by atoms with Gasteiger partial charge in [0.15, 0.2) is 0 Å². The summed E-state index contributed by atoms with van der Waals surface area (Å²) in [5.41, 5.74) is 0.685. The number of ether oxygens (including phenoxy) is 2. The Labute approximate surface area is 106 Å². The molecule has 98 valence electrons. The molecule has 0 amide bonds. The second-order valence-corrected chi connectivity index (χ2v) is 4.33. The van der Waals surface area contributed by atoms with Gasteiger partial charge in [-0.25, -0.2) is 9.78 Å². The van der Waals surface area contributed by atoms with Crippen LogP contribution in [-0.4, -0.2) is 42.7 Å². The normalized spacial score (nSPS) is 18.7. The van der Waals surface area contributed by atoms with Crippen molar-refractivity contribution >= 4 is 5.97 Å². The summed E-state index contributed by atoms with van der Waals surface area (Å²) in [6.45, 7) is 4.39. The summed E-state index contributed by atoms with van der Waals surface area (Å²) >= 11 is 0. The number of esters is 1. The maximum atomic E-state index is 11.4. The predicted molar refractivity (Wildman–Crippen MR) is 64.6 cm³/mol. The minimum Gasteiger partial charge on any atom is -0.477 e. The van der Waals surface area contributed by atoms with Crippen LogP contribution in [-0.2, 0) is 4.74 Å². The zero-order chi connectivity index (χ0) is 13.0. The first kappa shape index (κ1) is 12.8. The SMILES string of the molecule is COC(=O)c1nc(C)cc(OCC2CCNC2)n1. The third kappa shape index (κ3) is 3.16. The smallest absolute Gasteiger partial charge is 0.376 e. The van der Waals surface area contributed by atoms with E-state index in [2.05, 4.69) is 20.0 Å². The van der Waals surface area contributed by atoms with Crippen molar-refractivity contribution in [2.75, 3.05) is 26.8 Å². The minimum absolute atomic E-state index is 0.0389. The van der Waals surface area contributed by atoms with Gasteiger partial charge in [0, 0.05) is 24.2 Å². The molecule has 1 aliphatic heterocycles. The average molecular weight is 251 g/mol. The Hall–Kier alpha value is -1.69. The van der Waals surface area contributed by atoms with Crippen molar-refractivity contribution in [1.29, 1.82) is 0 Å². The van der Waals surface area contributed by atoms with Crippen LogP contribution in [0.15, 0.2) is 6.07 Å². The first-order chi connectivity index (χ1) is 8.69. The van der Waals surface area contributed by atoms with Crippen LogP contribution in [0.5, 0.6) is 5.88 Å². The number of nitrogens with one attached hydrogen (secondary N) is 1. The van der Waals surface area contributed by atoms with Gasteiger partial charge in [0.05, 0.1) is 13.7 Å². The van der Waals surface area contributed by atoms with Crippen LogP contribution in [0.2, 0.25) is 0 Å². The lowest BCUT2D eigenvalue weighted by Gasteiger charge is -2.10. The highest BCUT2D eigenvalue weighted by Crippen LogP contribution is 2.13. The molecule has 1 aromatic rings. The van der Waals surface area contributed by atoms with E-state index in [1.165, 1.54) is 7.11 Å². The van der Waals surface area contributed by atoms with Gasteiger partial charge in [-0.3, -0.25) is 0 Å². The van der Waals surface area contributed by atoms with Crippen LogP contribution in [0.4, 0.5) is 0 Å². The fourth-order valence-electron chi connectivity index (χ4n) is 1.86. The zero-order valence-corrected chi connectivity index (χ0v) is 10.6. The molecule has 6 heteroatoms. The fourth-order valence-corrected chi connectivity index (χ4v) is 1.86. The van der Waals surface area contributed by atoms with Gasteiger partial charge in [0.1, 0.15) is 0 Å². The minimum atomic E-state index is -0.550. The second-order valence-electron chi connectivity index (χ2n) is 4.33. The number of hydrogen-bond acceptors (Lipinski definition) is 6. The number of aryl methyl sites for hydroxylation is 1. The van der Waals surface area contributed by atoms with Gasteiger partial charge in [-0.1, -0.05) is 0 Å². The van der Waals surface area contributed by atoms with E-state index in [1.54, 1.807) is 13.0 Å². The Balaban J connectivity index is 2.02. The standard InChI is InChI=1S/C12H17N3O3/c1-8-5-10(15-11(14-8)12(16)17-2)18-7-9-3-4-13-6-9/h5,9,13H,3-4,6-7H2,1-2H3. The topological polar surface area (TPSA) is 73.3 Å². The number of aromatic nitrogens is 2. The second kappa shape index (κ2) is 5.77. The van der Waals surface area contributed by atoms with E-state index in [9.17, 15) is 4.79 Å². The van der Waals surface area contributed by atoms with Crippen molar-refractivity contribution in [3.63, 3.8) is 0 Å². The molecule has 18 heavy (non-hydrogen) atoms. The summed E-state index contributed by atoms with van der Waals surface area (Å²) in [7, 11) is 1.30. The van der Waals surface area contributed by atoms with Crippen LogP contribution in [0.1, 0.15) is 22.7 Å². The summed E-state index contributed by atoms with van der Waals surface area (Å²) in [6.07, 6.45) is 1.11. The highest BCUT2D eigenvalue weighted by atomic mass is 16.5. The fraction of sp³-hybridized carbons (Fsp3) is 0.583. The van der Waals surface area contributed by atoms with Crippen LogP contribution in [0.3, 0.4) is 0 Å². The molecule has 0 saturated carbocycles. The third-order valence-corrected chi connectivity index (χ3v) is 2.83. The molecule has 0 aliphatic carbocycles. The quantitative estimate of drug-likeness (QED) is 0.788. The molecular formula is C12H17N3O3. The number of carbonyl (C=O) groups is 1. The van der Waals surface area contributed by atoms with E-state index in [-0.39, 0.29) is 5.82 Å². The van der Waals surface area contributed by atoms with Gasteiger partial charge in [0.25, 0.3) is 0 Å². The Morgan fingerprint density at radius 2 is 2.39 bits per heavy atom. The molecule has 6 nitrogen and oxygen atoms in total. The molecule has 1 atom stereocenters. The Bertz CT molecular complexity index is 431. The maximum absolute atomic E-state index is 11.4. The summed E-state index contributed by atoms with van der Waals surface area (Å²) in [6, 6.07) is 1.72. The van der Waals surface area contributed by atoms with Crippen molar-refractivity contribution in [3.05, 3.63) is 17.6 Å². The predicted octanol–water partition coefficient (Wildman–Crippen LogP) is 0.560. The Morgan fingerprint density at radius 1 is 1.56 bits per heavy atom. The Kier molecular flexibility index (Phi) is 4.09. The van der Waals surface area contributed by atoms with Gasteiger partial charge < -0.3 is 14.8 Å². The number of carbonyl (C=O) groups excluding carboxylic acids is 1. The number of hydrogen-bond donors (Lipinski definition) is 1. The Morgan fingerprint density at radius 3 is 3.06 bits per heavy atom. The van der Waals surface area contributed by atoms with Crippen LogP contribution in [0.25, 0.3) is 0 Å². The van der Waals surface area contributed by atoms with Crippen molar-refractivity contribution in [1.82, 2.24) is 15.3 Å². The molecule has 1 saturated heterocycles. The van der Waals surface area contributed by atoms with E-state index in [0.29, 0.717) is 24.1 Å². The van der Waals surface area contributed by atoms with Gasteiger partial charge in [-0.2, -0.15) is 4.98 Å². The molecule has 1 aromatic heterocycles. The lowest BCUT2D eigenvalue weighted by Crippen LogP contribution is -2.17. The highest BCUT2D eigenvalue weighted by molar-refractivity contribution is 5.85. The van der Waals surface area contributed by atoms with E-state index >= 15 is 0 Å². The van der Waals surface area contributed by atoms with Crippen molar-refractivity contribution in [2.45, 2.75) is 13.3 Å².